The number of unbranched alkanes of at least 4 members (excludes halogenated alkanes) is 1. The highest BCUT2D eigenvalue weighted by Crippen LogP contribution is 2.30. The Morgan fingerprint density at radius 1 is 1.29 bits per heavy atom. The maximum Gasteiger partial charge on any atom is 0.185 e. The van der Waals surface area contributed by atoms with E-state index in [-0.39, 0.29) is 0 Å². The van der Waals surface area contributed by atoms with E-state index in [0.717, 1.165) is 30.3 Å². The van der Waals surface area contributed by atoms with Gasteiger partial charge in [-0.05, 0) is 34.9 Å². The van der Waals surface area contributed by atoms with Crippen LogP contribution in [0.3, 0.4) is 0 Å². The molecule has 1 aromatic carbocycles. The monoisotopic (exact) mass is 289 g/mol. The van der Waals surface area contributed by atoms with Crippen LogP contribution in [0.5, 0.6) is 5.75 Å². The average molecular weight is 289 g/mol. The summed E-state index contributed by atoms with van der Waals surface area (Å²) in [6, 6.07) is 5.51. The smallest absolute Gasteiger partial charge is 0.185 e. The summed E-state index contributed by atoms with van der Waals surface area (Å²) in [5, 5.41) is 12.0. The van der Waals surface area contributed by atoms with E-state index in [0.29, 0.717) is 11.4 Å². The lowest BCUT2D eigenvalue weighted by molar-refractivity contribution is 0.415. The summed E-state index contributed by atoms with van der Waals surface area (Å²) in [6.07, 6.45) is 3.46. The first kappa shape index (κ1) is 15.3. The lowest BCUT2D eigenvalue weighted by atomic mass is 10.1. The van der Waals surface area contributed by atoms with Crippen molar-refractivity contribution < 1.29 is 4.74 Å². The van der Waals surface area contributed by atoms with E-state index in [2.05, 4.69) is 29.4 Å². The molecule has 0 amide bonds. The molecule has 0 bridgehead atoms. The van der Waals surface area contributed by atoms with Gasteiger partial charge in [-0.3, -0.25) is 0 Å². The highest BCUT2D eigenvalue weighted by atomic mass is 16.5. The van der Waals surface area contributed by atoms with Crippen molar-refractivity contribution in [2.24, 2.45) is 5.92 Å². The fourth-order valence-corrected chi connectivity index (χ4v) is 2.25. The number of tetrazole rings is 1. The van der Waals surface area contributed by atoms with Gasteiger partial charge in [0.25, 0.3) is 0 Å². The molecule has 2 N–H and O–H groups in total. The number of ether oxygens (including phenoxy) is 1. The molecule has 0 saturated heterocycles. The van der Waals surface area contributed by atoms with Gasteiger partial charge in [0, 0.05) is 18.3 Å². The molecule has 21 heavy (non-hydrogen) atoms. The number of aryl methyl sites for hydroxylation is 1. The number of hydrogen-bond donors (Lipinski definition) is 1. The average Bonchev–Trinajstić information content (AvgIpc) is 2.91. The van der Waals surface area contributed by atoms with Crippen LogP contribution in [0.4, 0.5) is 5.69 Å². The Labute approximate surface area is 125 Å². The van der Waals surface area contributed by atoms with Gasteiger partial charge < -0.3 is 10.5 Å². The third-order valence-electron chi connectivity index (χ3n) is 3.40. The predicted octanol–water partition coefficient (Wildman–Crippen LogP) is 2.76. The van der Waals surface area contributed by atoms with Crippen molar-refractivity contribution in [1.82, 2.24) is 20.2 Å². The molecule has 0 fully saturated rings. The molecule has 6 heteroatoms. The lowest BCUT2D eigenvalue weighted by Crippen LogP contribution is -2.04. The van der Waals surface area contributed by atoms with Gasteiger partial charge in [0.15, 0.2) is 5.82 Å². The van der Waals surface area contributed by atoms with Crippen molar-refractivity contribution in [1.29, 1.82) is 0 Å². The summed E-state index contributed by atoms with van der Waals surface area (Å²) in [5.41, 5.74) is 7.30. The van der Waals surface area contributed by atoms with Gasteiger partial charge in [-0.2, -0.15) is 0 Å². The van der Waals surface area contributed by atoms with Crippen LogP contribution in [-0.4, -0.2) is 27.3 Å². The number of hydrogen-bond acceptors (Lipinski definition) is 5. The van der Waals surface area contributed by atoms with Gasteiger partial charge in [-0.25, -0.2) is 4.68 Å². The number of benzene rings is 1. The Morgan fingerprint density at radius 2 is 2.10 bits per heavy atom. The number of rotatable bonds is 7. The van der Waals surface area contributed by atoms with E-state index < -0.39 is 0 Å². The molecule has 0 saturated carbocycles. The zero-order chi connectivity index (χ0) is 15.2. The van der Waals surface area contributed by atoms with E-state index in [1.165, 1.54) is 12.8 Å². The fraction of sp³-hybridized carbons (Fsp3) is 0.533. The molecule has 0 aliphatic heterocycles. The molecule has 2 rings (SSSR count). The van der Waals surface area contributed by atoms with Crippen LogP contribution in [0.1, 0.15) is 33.1 Å². The van der Waals surface area contributed by atoms with Crippen LogP contribution >= 0.6 is 0 Å². The van der Waals surface area contributed by atoms with Gasteiger partial charge in [0.1, 0.15) is 5.75 Å². The van der Waals surface area contributed by atoms with Crippen molar-refractivity contribution in [2.45, 2.75) is 39.7 Å². The Bertz CT molecular complexity index is 579. The van der Waals surface area contributed by atoms with Crippen LogP contribution in [0, 0.1) is 5.92 Å². The summed E-state index contributed by atoms with van der Waals surface area (Å²) >= 11 is 0. The second kappa shape index (κ2) is 7.06. The van der Waals surface area contributed by atoms with E-state index >= 15 is 0 Å². The molecule has 114 valence electrons. The third-order valence-corrected chi connectivity index (χ3v) is 3.40. The van der Waals surface area contributed by atoms with Gasteiger partial charge in [-0.15, -0.1) is 5.10 Å². The number of nitrogens with zero attached hydrogens (tertiary/aromatic N) is 4. The minimum atomic E-state index is 0.659. The topological polar surface area (TPSA) is 78.8 Å². The quantitative estimate of drug-likeness (QED) is 0.626. The van der Waals surface area contributed by atoms with E-state index in [9.17, 15) is 0 Å². The summed E-state index contributed by atoms with van der Waals surface area (Å²) < 4.78 is 7.20. The van der Waals surface area contributed by atoms with Crippen molar-refractivity contribution >= 4 is 5.69 Å². The van der Waals surface area contributed by atoms with Gasteiger partial charge >= 0.3 is 0 Å². The molecular formula is C15H23N5O. The molecule has 2 aromatic rings. The summed E-state index contributed by atoms with van der Waals surface area (Å²) in [4.78, 5) is 0. The number of nitrogens with two attached hydrogens (primary N) is 1. The van der Waals surface area contributed by atoms with E-state index in [4.69, 9.17) is 10.5 Å². The molecule has 1 heterocycles. The van der Waals surface area contributed by atoms with Crippen LogP contribution in [-0.2, 0) is 6.54 Å². The predicted molar refractivity (Wildman–Crippen MR) is 82.9 cm³/mol. The highest BCUT2D eigenvalue weighted by molar-refractivity contribution is 5.67. The van der Waals surface area contributed by atoms with Crippen LogP contribution in [0.15, 0.2) is 18.2 Å². The zero-order valence-corrected chi connectivity index (χ0v) is 12.9. The maximum absolute atomic E-state index is 5.78. The third kappa shape index (κ3) is 3.93. The second-order valence-corrected chi connectivity index (χ2v) is 5.57. The minimum absolute atomic E-state index is 0.659. The van der Waals surface area contributed by atoms with Crippen LogP contribution in [0.2, 0.25) is 0 Å². The maximum atomic E-state index is 5.78. The Kier molecular flexibility index (Phi) is 5.14. The first-order valence-electron chi connectivity index (χ1n) is 7.32. The SMILES string of the molecule is COc1cc(N)ccc1-c1nnnn1CCCCC(C)C. The molecule has 0 aliphatic carbocycles. The first-order valence-corrected chi connectivity index (χ1v) is 7.32. The lowest BCUT2D eigenvalue weighted by Gasteiger charge is -2.10. The zero-order valence-electron chi connectivity index (χ0n) is 12.9. The number of aromatic nitrogens is 4. The normalized spacial score (nSPS) is 11.0. The fourth-order valence-electron chi connectivity index (χ4n) is 2.25. The van der Waals surface area contributed by atoms with Crippen molar-refractivity contribution in [3.05, 3.63) is 18.2 Å². The largest absolute Gasteiger partial charge is 0.496 e. The van der Waals surface area contributed by atoms with Gasteiger partial charge in [0.2, 0.25) is 0 Å². The molecule has 0 unspecified atom stereocenters. The molecular weight excluding hydrogens is 266 g/mol. The van der Waals surface area contributed by atoms with Crippen molar-refractivity contribution in [3.8, 4) is 17.1 Å². The summed E-state index contributed by atoms with van der Waals surface area (Å²) in [5.74, 6) is 2.14. The second-order valence-electron chi connectivity index (χ2n) is 5.57. The molecule has 0 spiro atoms. The van der Waals surface area contributed by atoms with Crippen LogP contribution < -0.4 is 10.5 Å². The Balaban J connectivity index is 2.13. The summed E-state index contributed by atoms with van der Waals surface area (Å²) in [7, 11) is 1.62. The van der Waals surface area contributed by atoms with Crippen LogP contribution in [0.25, 0.3) is 11.4 Å². The summed E-state index contributed by atoms with van der Waals surface area (Å²) in [6.45, 7) is 5.28. The first-order chi connectivity index (χ1) is 10.1. The van der Waals surface area contributed by atoms with Crippen molar-refractivity contribution in [3.63, 3.8) is 0 Å². The highest BCUT2D eigenvalue weighted by Gasteiger charge is 2.14. The van der Waals surface area contributed by atoms with E-state index in [1.807, 2.05) is 16.8 Å². The number of methoxy groups -OCH3 is 1. The molecule has 0 atom stereocenters. The molecule has 0 radical (unpaired) electrons. The minimum Gasteiger partial charge on any atom is -0.496 e. The number of nitrogen functional groups attached to an aromatic ring is 1. The van der Waals surface area contributed by atoms with Gasteiger partial charge in [-0.1, -0.05) is 26.7 Å². The van der Waals surface area contributed by atoms with Crippen molar-refractivity contribution in [2.75, 3.05) is 12.8 Å². The molecule has 6 nitrogen and oxygen atoms in total. The molecule has 1 aromatic heterocycles. The Hall–Kier alpha value is -2.11. The Morgan fingerprint density at radius 3 is 2.81 bits per heavy atom. The van der Waals surface area contributed by atoms with E-state index in [1.54, 1.807) is 13.2 Å². The standard InChI is InChI=1S/C15H23N5O/c1-11(2)6-4-5-9-20-15(17-18-19-20)13-8-7-12(16)10-14(13)21-3/h7-8,10-11H,4-6,9,16H2,1-3H3. The number of anilines is 1. The molecule has 0 aliphatic rings. The van der Waals surface area contributed by atoms with Gasteiger partial charge in [0.05, 0.1) is 12.7 Å².